The summed E-state index contributed by atoms with van der Waals surface area (Å²) in [5.41, 5.74) is 8.22. The molecule has 90 valence electrons. The van der Waals surface area contributed by atoms with Gasteiger partial charge >= 0.3 is 0 Å². The first kappa shape index (κ1) is 10.8. The third-order valence-corrected chi connectivity index (χ3v) is 4.08. The molecule has 1 aliphatic heterocycles. The molecule has 1 aliphatic carbocycles. The predicted molar refractivity (Wildman–Crippen MR) is 66.6 cm³/mol. The van der Waals surface area contributed by atoms with Gasteiger partial charge in [-0.25, -0.2) is 0 Å². The van der Waals surface area contributed by atoms with Crippen molar-refractivity contribution in [1.29, 1.82) is 0 Å². The van der Waals surface area contributed by atoms with Crippen molar-refractivity contribution in [3.8, 4) is 0 Å². The van der Waals surface area contributed by atoms with Gasteiger partial charge in [0.05, 0.1) is 5.92 Å². The lowest BCUT2D eigenvalue weighted by Gasteiger charge is -2.32. The molecule has 0 radical (unpaired) electrons. The van der Waals surface area contributed by atoms with E-state index in [1.165, 1.54) is 11.1 Å². The average Bonchev–Trinajstić information content (AvgIpc) is 2.79. The first-order valence-electron chi connectivity index (χ1n) is 6.36. The van der Waals surface area contributed by atoms with Crippen molar-refractivity contribution in [2.24, 2.45) is 11.7 Å². The second-order valence-corrected chi connectivity index (χ2v) is 5.13. The zero-order valence-corrected chi connectivity index (χ0v) is 9.93. The highest BCUT2D eigenvalue weighted by Crippen LogP contribution is 2.37. The second kappa shape index (κ2) is 4.15. The van der Waals surface area contributed by atoms with Crippen LogP contribution < -0.4 is 5.73 Å². The van der Waals surface area contributed by atoms with Crippen LogP contribution in [0.15, 0.2) is 24.3 Å². The number of likely N-dealkylation sites (tertiary alicyclic amines) is 1. The molecule has 0 aromatic heterocycles. The highest BCUT2D eigenvalue weighted by atomic mass is 16.2. The summed E-state index contributed by atoms with van der Waals surface area (Å²) >= 11 is 0. The molecule has 1 aromatic rings. The monoisotopic (exact) mass is 230 g/mol. The summed E-state index contributed by atoms with van der Waals surface area (Å²) in [5.74, 6) is 0.927. The molecule has 1 fully saturated rings. The standard InChI is InChI=1S/C14H18N2O/c15-8-10-5-6-16(9-10)14(17)13-7-11-3-1-2-4-12(11)13/h1-4,10,13H,5-9,15H2. The summed E-state index contributed by atoms with van der Waals surface area (Å²) < 4.78 is 0. The average molecular weight is 230 g/mol. The quantitative estimate of drug-likeness (QED) is 0.828. The van der Waals surface area contributed by atoms with Crippen molar-refractivity contribution in [1.82, 2.24) is 4.90 Å². The van der Waals surface area contributed by atoms with Crippen LogP contribution in [0.5, 0.6) is 0 Å². The van der Waals surface area contributed by atoms with Crippen LogP contribution in [0.4, 0.5) is 0 Å². The lowest BCUT2D eigenvalue weighted by molar-refractivity contribution is -0.132. The van der Waals surface area contributed by atoms with E-state index in [1.807, 2.05) is 17.0 Å². The van der Waals surface area contributed by atoms with Gasteiger partial charge in [0.25, 0.3) is 0 Å². The minimum absolute atomic E-state index is 0.114. The van der Waals surface area contributed by atoms with E-state index in [0.29, 0.717) is 18.4 Å². The van der Waals surface area contributed by atoms with E-state index >= 15 is 0 Å². The maximum Gasteiger partial charge on any atom is 0.230 e. The zero-order valence-electron chi connectivity index (χ0n) is 9.93. The Bertz CT molecular complexity index is 444. The number of nitrogens with zero attached hydrogens (tertiary/aromatic N) is 1. The Morgan fingerprint density at radius 3 is 2.94 bits per heavy atom. The molecular formula is C14H18N2O. The van der Waals surface area contributed by atoms with Crippen LogP contribution >= 0.6 is 0 Å². The van der Waals surface area contributed by atoms with Crippen LogP contribution in [0.25, 0.3) is 0 Å². The van der Waals surface area contributed by atoms with E-state index in [2.05, 4.69) is 12.1 Å². The molecule has 2 aliphatic rings. The highest BCUT2D eigenvalue weighted by molar-refractivity contribution is 5.87. The largest absolute Gasteiger partial charge is 0.342 e. The number of amides is 1. The number of carbonyl (C=O) groups excluding carboxylic acids is 1. The van der Waals surface area contributed by atoms with Crippen molar-refractivity contribution in [2.45, 2.75) is 18.8 Å². The van der Waals surface area contributed by atoms with Gasteiger partial charge in [-0.1, -0.05) is 24.3 Å². The number of hydrogen-bond donors (Lipinski definition) is 1. The minimum atomic E-state index is 0.114. The molecule has 2 unspecified atom stereocenters. The molecule has 1 saturated heterocycles. The Morgan fingerprint density at radius 1 is 1.41 bits per heavy atom. The first-order chi connectivity index (χ1) is 8.29. The van der Waals surface area contributed by atoms with Crippen molar-refractivity contribution < 1.29 is 4.79 Å². The first-order valence-corrected chi connectivity index (χ1v) is 6.36. The maximum atomic E-state index is 12.3. The van der Waals surface area contributed by atoms with E-state index < -0.39 is 0 Å². The van der Waals surface area contributed by atoms with Crippen LogP contribution in [0, 0.1) is 5.92 Å². The summed E-state index contributed by atoms with van der Waals surface area (Å²) in [6.45, 7) is 2.44. The summed E-state index contributed by atoms with van der Waals surface area (Å²) in [6.07, 6.45) is 1.98. The lowest BCUT2D eigenvalue weighted by atomic mass is 9.77. The molecular weight excluding hydrogens is 212 g/mol. The summed E-state index contributed by atoms with van der Waals surface area (Å²) in [5, 5.41) is 0. The number of carbonyl (C=O) groups is 1. The molecule has 3 rings (SSSR count). The van der Waals surface area contributed by atoms with Gasteiger partial charge in [-0.15, -0.1) is 0 Å². The van der Waals surface area contributed by atoms with Gasteiger partial charge < -0.3 is 10.6 Å². The van der Waals surface area contributed by atoms with Gasteiger partial charge in [0.2, 0.25) is 5.91 Å². The zero-order chi connectivity index (χ0) is 11.8. The Hall–Kier alpha value is -1.35. The number of hydrogen-bond acceptors (Lipinski definition) is 2. The molecule has 1 aromatic carbocycles. The van der Waals surface area contributed by atoms with E-state index in [4.69, 9.17) is 5.73 Å². The molecule has 0 bridgehead atoms. The van der Waals surface area contributed by atoms with Crippen LogP contribution in [0.2, 0.25) is 0 Å². The van der Waals surface area contributed by atoms with Crippen LogP contribution in [-0.2, 0) is 11.2 Å². The van der Waals surface area contributed by atoms with E-state index in [9.17, 15) is 4.79 Å². The SMILES string of the molecule is NCC1CCN(C(=O)C2Cc3ccccc32)C1. The number of nitrogens with two attached hydrogens (primary N) is 1. The molecule has 17 heavy (non-hydrogen) atoms. The fourth-order valence-corrected chi connectivity index (χ4v) is 2.92. The van der Waals surface area contributed by atoms with Crippen LogP contribution in [0.1, 0.15) is 23.5 Å². The van der Waals surface area contributed by atoms with Crippen LogP contribution in [-0.4, -0.2) is 30.4 Å². The van der Waals surface area contributed by atoms with Gasteiger partial charge in [0.15, 0.2) is 0 Å². The Labute approximate surface area is 102 Å². The topological polar surface area (TPSA) is 46.3 Å². The third-order valence-electron chi connectivity index (χ3n) is 4.08. The summed E-state index contributed by atoms with van der Waals surface area (Å²) in [4.78, 5) is 14.3. The fourth-order valence-electron chi connectivity index (χ4n) is 2.92. The summed E-state index contributed by atoms with van der Waals surface area (Å²) in [7, 11) is 0. The predicted octanol–water partition coefficient (Wildman–Crippen LogP) is 1.13. The molecule has 1 heterocycles. The van der Waals surface area contributed by atoms with Crippen molar-refractivity contribution in [2.75, 3.05) is 19.6 Å². The highest BCUT2D eigenvalue weighted by Gasteiger charge is 2.36. The van der Waals surface area contributed by atoms with Gasteiger partial charge in [0.1, 0.15) is 0 Å². The minimum Gasteiger partial charge on any atom is -0.342 e. The molecule has 2 N–H and O–H groups in total. The third kappa shape index (κ3) is 1.75. The molecule has 3 nitrogen and oxygen atoms in total. The summed E-state index contributed by atoms with van der Waals surface area (Å²) in [6, 6.07) is 8.26. The number of benzene rings is 1. The Kier molecular flexibility index (Phi) is 2.63. The molecule has 2 atom stereocenters. The van der Waals surface area contributed by atoms with Crippen molar-refractivity contribution >= 4 is 5.91 Å². The Balaban J connectivity index is 1.70. The van der Waals surface area contributed by atoms with E-state index in [0.717, 1.165) is 25.9 Å². The Morgan fingerprint density at radius 2 is 2.24 bits per heavy atom. The van der Waals surface area contributed by atoms with Gasteiger partial charge in [-0.3, -0.25) is 4.79 Å². The van der Waals surface area contributed by atoms with E-state index in [1.54, 1.807) is 0 Å². The fraction of sp³-hybridized carbons (Fsp3) is 0.500. The second-order valence-electron chi connectivity index (χ2n) is 5.13. The smallest absolute Gasteiger partial charge is 0.230 e. The maximum absolute atomic E-state index is 12.3. The van der Waals surface area contributed by atoms with Gasteiger partial charge in [0, 0.05) is 13.1 Å². The molecule has 3 heteroatoms. The van der Waals surface area contributed by atoms with Crippen LogP contribution in [0.3, 0.4) is 0 Å². The number of rotatable bonds is 2. The molecule has 0 saturated carbocycles. The normalized spacial score (nSPS) is 26.5. The lowest BCUT2D eigenvalue weighted by Crippen LogP contribution is -2.38. The molecule has 1 amide bonds. The van der Waals surface area contributed by atoms with Crippen molar-refractivity contribution in [3.05, 3.63) is 35.4 Å². The van der Waals surface area contributed by atoms with Gasteiger partial charge in [-0.2, -0.15) is 0 Å². The van der Waals surface area contributed by atoms with Gasteiger partial charge in [-0.05, 0) is 36.4 Å². The van der Waals surface area contributed by atoms with Crippen molar-refractivity contribution in [3.63, 3.8) is 0 Å². The molecule has 0 spiro atoms. The number of fused-ring (bicyclic) bond motifs is 1. The van der Waals surface area contributed by atoms with E-state index in [-0.39, 0.29) is 5.92 Å².